The maximum atomic E-state index is 12.3. The van der Waals surface area contributed by atoms with Crippen LogP contribution in [0.25, 0.3) is 0 Å². The summed E-state index contributed by atoms with van der Waals surface area (Å²) < 4.78 is 5.89. The van der Waals surface area contributed by atoms with Crippen molar-refractivity contribution in [3.8, 4) is 0 Å². The lowest BCUT2D eigenvalue weighted by atomic mass is 9.84. The van der Waals surface area contributed by atoms with Gasteiger partial charge in [0.1, 0.15) is 0 Å². The van der Waals surface area contributed by atoms with E-state index in [0.717, 1.165) is 58.7 Å². The summed E-state index contributed by atoms with van der Waals surface area (Å²) in [6, 6.07) is 0.443. The Kier molecular flexibility index (Phi) is 4.58. The minimum atomic E-state index is 0.196. The standard InChI is InChI=1S/C15H27N3O2/c1-2-17-7-8-20-13(10-17)11-18-14-5-6-16-9-12(14)3-4-15(18)19/h12-14,16H,2-11H2,1H3. The van der Waals surface area contributed by atoms with Crippen LogP contribution >= 0.6 is 0 Å². The van der Waals surface area contributed by atoms with Crippen LogP contribution in [0.2, 0.25) is 0 Å². The summed E-state index contributed by atoms with van der Waals surface area (Å²) in [5, 5.41) is 3.46. The van der Waals surface area contributed by atoms with Crippen molar-refractivity contribution in [3.63, 3.8) is 0 Å². The van der Waals surface area contributed by atoms with Gasteiger partial charge < -0.3 is 15.0 Å². The molecule has 5 heteroatoms. The lowest BCUT2D eigenvalue weighted by Gasteiger charge is -2.46. The van der Waals surface area contributed by atoms with Crippen molar-refractivity contribution >= 4 is 5.91 Å². The Bertz CT molecular complexity index is 350. The Morgan fingerprint density at radius 1 is 1.40 bits per heavy atom. The van der Waals surface area contributed by atoms with Crippen molar-refractivity contribution in [2.45, 2.75) is 38.3 Å². The van der Waals surface area contributed by atoms with Gasteiger partial charge in [0.2, 0.25) is 5.91 Å². The third-order valence-electron chi connectivity index (χ3n) is 5.09. The third-order valence-corrected chi connectivity index (χ3v) is 5.09. The molecule has 3 aliphatic rings. The lowest BCUT2D eigenvalue weighted by Crippen LogP contribution is -2.58. The highest BCUT2D eigenvalue weighted by Gasteiger charge is 2.38. The largest absolute Gasteiger partial charge is 0.374 e. The predicted molar refractivity (Wildman–Crippen MR) is 77.6 cm³/mol. The molecule has 114 valence electrons. The first kappa shape index (κ1) is 14.3. The summed E-state index contributed by atoms with van der Waals surface area (Å²) >= 11 is 0. The van der Waals surface area contributed by atoms with Crippen LogP contribution in [0, 0.1) is 5.92 Å². The average molecular weight is 281 g/mol. The molecule has 0 aromatic heterocycles. The van der Waals surface area contributed by atoms with E-state index in [4.69, 9.17) is 4.74 Å². The van der Waals surface area contributed by atoms with Crippen molar-refractivity contribution in [1.82, 2.24) is 15.1 Å². The summed E-state index contributed by atoms with van der Waals surface area (Å²) in [4.78, 5) is 16.9. The fraction of sp³-hybridized carbons (Fsp3) is 0.933. The number of fused-ring (bicyclic) bond motifs is 1. The van der Waals surface area contributed by atoms with E-state index in [2.05, 4.69) is 22.0 Å². The molecule has 0 spiro atoms. The van der Waals surface area contributed by atoms with E-state index in [0.29, 0.717) is 24.3 Å². The van der Waals surface area contributed by atoms with E-state index >= 15 is 0 Å². The van der Waals surface area contributed by atoms with Crippen molar-refractivity contribution in [1.29, 1.82) is 0 Å². The van der Waals surface area contributed by atoms with E-state index in [1.807, 2.05) is 0 Å². The number of carbonyl (C=O) groups is 1. The van der Waals surface area contributed by atoms with Gasteiger partial charge >= 0.3 is 0 Å². The average Bonchev–Trinajstić information content (AvgIpc) is 2.50. The number of ether oxygens (including phenoxy) is 1. The van der Waals surface area contributed by atoms with Crippen molar-refractivity contribution in [2.75, 3.05) is 45.9 Å². The van der Waals surface area contributed by atoms with Crippen LogP contribution < -0.4 is 5.32 Å². The Morgan fingerprint density at radius 3 is 3.15 bits per heavy atom. The Balaban J connectivity index is 1.63. The van der Waals surface area contributed by atoms with Gasteiger partial charge in [0, 0.05) is 32.1 Å². The number of likely N-dealkylation sites (tertiary alicyclic amines) is 1. The zero-order valence-corrected chi connectivity index (χ0v) is 12.5. The van der Waals surface area contributed by atoms with Gasteiger partial charge in [-0.3, -0.25) is 9.69 Å². The van der Waals surface area contributed by atoms with Gasteiger partial charge in [0.05, 0.1) is 12.7 Å². The smallest absolute Gasteiger partial charge is 0.222 e. The number of rotatable bonds is 3. The molecule has 0 bridgehead atoms. The molecule has 20 heavy (non-hydrogen) atoms. The normalized spacial score (nSPS) is 36.0. The molecule has 3 heterocycles. The fourth-order valence-corrected chi connectivity index (χ4v) is 3.89. The quantitative estimate of drug-likeness (QED) is 0.808. The first-order valence-corrected chi connectivity index (χ1v) is 8.12. The molecule has 3 fully saturated rings. The van der Waals surface area contributed by atoms with E-state index in [1.165, 1.54) is 0 Å². The minimum Gasteiger partial charge on any atom is -0.374 e. The molecular formula is C15H27N3O2. The first-order chi connectivity index (χ1) is 9.78. The summed E-state index contributed by atoms with van der Waals surface area (Å²) in [5.41, 5.74) is 0. The summed E-state index contributed by atoms with van der Waals surface area (Å²) in [5.74, 6) is 0.984. The van der Waals surface area contributed by atoms with E-state index in [1.54, 1.807) is 0 Å². The predicted octanol–water partition coefficient (Wildman–Crippen LogP) is 0.308. The van der Waals surface area contributed by atoms with Gasteiger partial charge in [-0.15, -0.1) is 0 Å². The molecule has 0 radical (unpaired) electrons. The molecule has 1 amide bonds. The molecule has 5 nitrogen and oxygen atoms in total. The molecule has 3 saturated heterocycles. The van der Waals surface area contributed by atoms with Crippen LogP contribution in [-0.4, -0.2) is 73.7 Å². The zero-order chi connectivity index (χ0) is 13.9. The number of piperidine rings is 2. The Morgan fingerprint density at radius 2 is 2.30 bits per heavy atom. The number of likely N-dealkylation sites (N-methyl/N-ethyl adjacent to an activating group) is 1. The molecule has 3 rings (SSSR count). The van der Waals surface area contributed by atoms with Gasteiger partial charge in [-0.2, -0.15) is 0 Å². The number of nitrogens with zero attached hydrogens (tertiary/aromatic N) is 2. The van der Waals surface area contributed by atoms with E-state index in [-0.39, 0.29) is 6.10 Å². The Labute approximate surface area is 121 Å². The fourth-order valence-electron chi connectivity index (χ4n) is 3.89. The second-order valence-electron chi connectivity index (χ2n) is 6.29. The van der Waals surface area contributed by atoms with Gasteiger partial charge in [-0.1, -0.05) is 6.92 Å². The van der Waals surface area contributed by atoms with Crippen LogP contribution in [0.4, 0.5) is 0 Å². The molecule has 1 N–H and O–H groups in total. The van der Waals surface area contributed by atoms with Crippen LogP contribution in [0.5, 0.6) is 0 Å². The molecule has 3 aliphatic heterocycles. The number of morpholine rings is 1. The molecular weight excluding hydrogens is 254 g/mol. The van der Waals surface area contributed by atoms with Crippen LogP contribution in [0.15, 0.2) is 0 Å². The van der Waals surface area contributed by atoms with Crippen LogP contribution in [-0.2, 0) is 9.53 Å². The number of amides is 1. The maximum Gasteiger partial charge on any atom is 0.222 e. The van der Waals surface area contributed by atoms with Crippen molar-refractivity contribution < 1.29 is 9.53 Å². The number of nitrogens with one attached hydrogen (secondary N) is 1. The van der Waals surface area contributed by atoms with Gasteiger partial charge in [0.25, 0.3) is 0 Å². The van der Waals surface area contributed by atoms with Crippen LogP contribution in [0.1, 0.15) is 26.2 Å². The molecule has 3 unspecified atom stereocenters. The van der Waals surface area contributed by atoms with Crippen molar-refractivity contribution in [3.05, 3.63) is 0 Å². The molecule has 0 saturated carbocycles. The summed E-state index contributed by atoms with van der Waals surface area (Å²) in [7, 11) is 0. The van der Waals surface area contributed by atoms with E-state index in [9.17, 15) is 4.79 Å². The second-order valence-corrected chi connectivity index (χ2v) is 6.29. The maximum absolute atomic E-state index is 12.3. The molecule has 3 atom stereocenters. The van der Waals surface area contributed by atoms with Crippen molar-refractivity contribution in [2.24, 2.45) is 5.92 Å². The number of hydrogen-bond acceptors (Lipinski definition) is 4. The summed E-state index contributed by atoms with van der Waals surface area (Å²) in [6.45, 7) is 8.96. The third kappa shape index (κ3) is 3.00. The molecule has 0 aromatic carbocycles. The molecule has 0 aromatic rings. The lowest BCUT2D eigenvalue weighted by molar-refractivity contribution is -0.144. The highest BCUT2D eigenvalue weighted by Crippen LogP contribution is 2.29. The topological polar surface area (TPSA) is 44.8 Å². The second kappa shape index (κ2) is 6.41. The summed E-state index contributed by atoms with van der Waals surface area (Å²) in [6.07, 6.45) is 3.06. The highest BCUT2D eigenvalue weighted by atomic mass is 16.5. The first-order valence-electron chi connectivity index (χ1n) is 8.12. The number of carbonyl (C=O) groups excluding carboxylic acids is 1. The SMILES string of the molecule is CCN1CCOC(CN2C(=O)CCC3CNCCC32)C1. The van der Waals surface area contributed by atoms with E-state index < -0.39 is 0 Å². The molecule has 0 aliphatic carbocycles. The number of hydrogen-bond donors (Lipinski definition) is 1. The van der Waals surface area contributed by atoms with Crippen LogP contribution in [0.3, 0.4) is 0 Å². The minimum absolute atomic E-state index is 0.196. The highest BCUT2D eigenvalue weighted by molar-refractivity contribution is 5.77. The van der Waals surface area contributed by atoms with Gasteiger partial charge in [0.15, 0.2) is 0 Å². The van der Waals surface area contributed by atoms with Gasteiger partial charge in [-0.05, 0) is 38.4 Å². The zero-order valence-electron chi connectivity index (χ0n) is 12.5. The van der Waals surface area contributed by atoms with Gasteiger partial charge in [-0.25, -0.2) is 0 Å². The monoisotopic (exact) mass is 281 g/mol. The Hall–Kier alpha value is -0.650.